The first-order chi connectivity index (χ1) is 9.59. The average molecular weight is 275 g/mol. The average Bonchev–Trinajstić information content (AvgIpc) is 2.91. The van der Waals surface area contributed by atoms with E-state index < -0.39 is 10.8 Å². The van der Waals surface area contributed by atoms with Gasteiger partial charge in [0.1, 0.15) is 11.5 Å². The van der Waals surface area contributed by atoms with Crippen LogP contribution in [0.4, 0.5) is 11.4 Å². The number of nitro groups is 1. The number of nitro benzene ring substituents is 1. The minimum Gasteiger partial charge on any atom is -0.393 e. The van der Waals surface area contributed by atoms with Crippen molar-refractivity contribution >= 4 is 17.3 Å². The molecule has 1 aromatic carbocycles. The second kappa shape index (κ2) is 5.83. The number of nitrogens with two attached hydrogens (primary N) is 1. The molecule has 0 aliphatic carbocycles. The monoisotopic (exact) mass is 275 g/mol. The summed E-state index contributed by atoms with van der Waals surface area (Å²) in [5, 5.41) is 13.4. The van der Waals surface area contributed by atoms with Crippen LogP contribution in [-0.2, 0) is 6.42 Å². The summed E-state index contributed by atoms with van der Waals surface area (Å²) in [5.74, 6) is 0.301. The molecule has 8 nitrogen and oxygen atoms in total. The van der Waals surface area contributed by atoms with Gasteiger partial charge in [0, 0.05) is 31.4 Å². The molecule has 0 unspecified atom stereocenters. The van der Waals surface area contributed by atoms with E-state index in [2.05, 4.69) is 15.3 Å². The van der Waals surface area contributed by atoms with Crippen LogP contribution >= 0.6 is 0 Å². The number of hydrogen-bond acceptors (Lipinski definition) is 5. The number of carbonyl (C=O) groups is 1. The number of imidazole rings is 1. The molecule has 0 spiro atoms. The van der Waals surface area contributed by atoms with Crippen molar-refractivity contribution in [2.75, 3.05) is 12.3 Å². The van der Waals surface area contributed by atoms with Crippen LogP contribution in [0.15, 0.2) is 30.6 Å². The molecule has 1 heterocycles. The van der Waals surface area contributed by atoms with Gasteiger partial charge >= 0.3 is 0 Å². The fourth-order valence-electron chi connectivity index (χ4n) is 1.73. The van der Waals surface area contributed by atoms with Crippen LogP contribution in [0.3, 0.4) is 0 Å². The molecule has 0 atom stereocenters. The van der Waals surface area contributed by atoms with E-state index in [-0.39, 0.29) is 16.9 Å². The SMILES string of the molecule is Nc1c(C(=O)NCCc2ncc[nH]2)cccc1[N+](=O)[O-]. The fraction of sp³-hybridized carbons (Fsp3) is 0.167. The Hall–Kier alpha value is -2.90. The summed E-state index contributed by atoms with van der Waals surface area (Å²) in [7, 11) is 0. The largest absolute Gasteiger partial charge is 0.393 e. The Balaban J connectivity index is 2.02. The van der Waals surface area contributed by atoms with E-state index in [1.165, 1.54) is 18.2 Å². The molecule has 0 saturated carbocycles. The standard InChI is InChI=1S/C12H13N5O3/c13-11-8(2-1-3-9(11)17(19)20)12(18)16-5-4-10-14-6-7-15-10/h1-3,6-7H,4-5,13H2,(H,14,15)(H,16,18). The molecular formula is C12H13N5O3. The number of H-pyrrole nitrogens is 1. The molecule has 0 aliphatic rings. The third-order valence-corrected chi connectivity index (χ3v) is 2.73. The van der Waals surface area contributed by atoms with Crippen molar-refractivity contribution in [3.63, 3.8) is 0 Å². The highest BCUT2D eigenvalue weighted by molar-refractivity contribution is 6.00. The molecule has 2 rings (SSSR count). The van der Waals surface area contributed by atoms with Gasteiger partial charge in [0.05, 0.1) is 10.5 Å². The molecule has 0 aliphatic heterocycles. The minimum absolute atomic E-state index is 0.0960. The lowest BCUT2D eigenvalue weighted by molar-refractivity contribution is -0.383. The van der Waals surface area contributed by atoms with Gasteiger partial charge in [-0.15, -0.1) is 0 Å². The third-order valence-electron chi connectivity index (χ3n) is 2.73. The second-order valence-corrected chi connectivity index (χ2v) is 4.04. The number of nitrogen functional groups attached to an aromatic ring is 1. The van der Waals surface area contributed by atoms with E-state index >= 15 is 0 Å². The molecular weight excluding hydrogens is 262 g/mol. The third kappa shape index (κ3) is 2.91. The predicted molar refractivity (Wildman–Crippen MR) is 72.1 cm³/mol. The maximum Gasteiger partial charge on any atom is 0.292 e. The molecule has 104 valence electrons. The number of nitrogens with one attached hydrogen (secondary N) is 2. The van der Waals surface area contributed by atoms with E-state index in [1.807, 2.05) is 0 Å². The van der Waals surface area contributed by atoms with Crippen molar-refractivity contribution in [1.82, 2.24) is 15.3 Å². The van der Waals surface area contributed by atoms with Crippen LogP contribution < -0.4 is 11.1 Å². The van der Waals surface area contributed by atoms with Gasteiger partial charge in [-0.05, 0) is 6.07 Å². The molecule has 1 amide bonds. The fourth-order valence-corrected chi connectivity index (χ4v) is 1.73. The number of nitrogens with zero attached hydrogens (tertiary/aromatic N) is 2. The zero-order valence-electron chi connectivity index (χ0n) is 10.5. The summed E-state index contributed by atoms with van der Waals surface area (Å²) in [4.78, 5) is 29.0. The Morgan fingerprint density at radius 2 is 2.30 bits per heavy atom. The van der Waals surface area contributed by atoms with Crippen LogP contribution in [0, 0.1) is 10.1 Å². The van der Waals surface area contributed by atoms with Crippen molar-refractivity contribution in [1.29, 1.82) is 0 Å². The highest BCUT2D eigenvalue weighted by Crippen LogP contribution is 2.24. The van der Waals surface area contributed by atoms with Gasteiger partial charge in [0.25, 0.3) is 11.6 Å². The maximum atomic E-state index is 11.9. The number of anilines is 1. The van der Waals surface area contributed by atoms with E-state index in [9.17, 15) is 14.9 Å². The van der Waals surface area contributed by atoms with Crippen molar-refractivity contribution in [3.05, 3.63) is 52.1 Å². The lowest BCUT2D eigenvalue weighted by atomic mass is 10.1. The summed E-state index contributed by atoms with van der Waals surface area (Å²) in [6, 6.07) is 4.13. The lowest BCUT2D eigenvalue weighted by Crippen LogP contribution is -2.26. The smallest absolute Gasteiger partial charge is 0.292 e. The number of hydrogen-bond donors (Lipinski definition) is 3. The Kier molecular flexibility index (Phi) is 3.94. The Morgan fingerprint density at radius 3 is 2.95 bits per heavy atom. The Bertz CT molecular complexity index is 624. The highest BCUT2D eigenvalue weighted by atomic mass is 16.6. The number of rotatable bonds is 5. The molecule has 0 bridgehead atoms. The summed E-state index contributed by atoms with van der Waals surface area (Å²) >= 11 is 0. The topological polar surface area (TPSA) is 127 Å². The minimum atomic E-state index is -0.616. The molecule has 4 N–H and O–H groups in total. The van der Waals surface area contributed by atoms with E-state index in [0.29, 0.717) is 13.0 Å². The summed E-state index contributed by atoms with van der Waals surface area (Å²) in [6.07, 6.45) is 3.85. The van der Waals surface area contributed by atoms with E-state index in [1.54, 1.807) is 12.4 Å². The quantitative estimate of drug-likeness (QED) is 0.424. The van der Waals surface area contributed by atoms with Gasteiger partial charge in [-0.1, -0.05) is 6.07 Å². The van der Waals surface area contributed by atoms with Crippen molar-refractivity contribution in [3.8, 4) is 0 Å². The zero-order chi connectivity index (χ0) is 14.5. The van der Waals surface area contributed by atoms with Crippen LogP contribution in [0.1, 0.15) is 16.2 Å². The molecule has 8 heteroatoms. The van der Waals surface area contributed by atoms with Crippen molar-refractivity contribution in [2.45, 2.75) is 6.42 Å². The highest BCUT2D eigenvalue weighted by Gasteiger charge is 2.18. The van der Waals surface area contributed by atoms with Gasteiger partial charge in [0.2, 0.25) is 0 Å². The number of benzene rings is 1. The van der Waals surface area contributed by atoms with Crippen LogP contribution in [0.5, 0.6) is 0 Å². The van der Waals surface area contributed by atoms with E-state index in [4.69, 9.17) is 5.73 Å². The molecule has 2 aromatic rings. The number of para-hydroxylation sites is 1. The summed E-state index contributed by atoms with van der Waals surface area (Å²) in [6.45, 7) is 0.356. The first-order valence-electron chi connectivity index (χ1n) is 5.89. The van der Waals surface area contributed by atoms with Gasteiger partial charge in [0.15, 0.2) is 0 Å². The van der Waals surface area contributed by atoms with Gasteiger partial charge < -0.3 is 16.0 Å². The second-order valence-electron chi connectivity index (χ2n) is 4.04. The zero-order valence-corrected chi connectivity index (χ0v) is 10.5. The molecule has 0 saturated heterocycles. The number of aromatic amines is 1. The van der Waals surface area contributed by atoms with Gasteiger partial charge in [-0.25, -0.2) is 4.98 Å². The number of amides is 1. The van der Waals surface area contributed by atoms with Crippen molar-refractivity contribution in [2.24, 2.45) is 0 Å². The first kappa shape index (κ1) is 13.5. The van der Waals surface area contributed by atoms with Gasteiger partial charge in [-0.2, -0.15) is 0 Å². The first-order valence-corrected chi connectivity index (χ1v) is 5.89. The Morgan fingerprint density at radius 1 is 1.50 bits per heavy atom. The summed E-state index contributed by atoms with van der Waals surface area (Å²) < 4.78 is 0. The normalized spacial score (nSPS) is 10.2. The molecule has 0 radical (unpaired) electrons. The Labute approximate surface area is 114 Å². The number of aromatic nitrogens is 2. The van der Waals surface area contributed by atoms with Crippen LogP contribution in [-0.4, -0.2) is 27.3 Å². The molecule has 0 fully saturated rings. The van der Waals surface area contributed by atoms with E-state index in [0.717, 1.165) is 5.82 Å². The number of carbonyl (C=O) groups excluding carboxylic acids is 1. The molecule has 20 heavy (non-hydrogen) atoms. The molecule has 1 aromatic heterocycles. The summed E-state index contributed by atoms with van der Waals surface area (Å²) in [5.41, 5.74) is 5.32. The van der Waals surface area contributed by atoms with Crippen LogP contribution in [0.25, 0.3) is 0 Å². The van der Waals surface area contributed by atoms with Gasteiger partial charge in [-0.3, -0.25) is 14.9 Å². The van der Waals surface area contributed by atoms with Crippen LogP contribution in [0.2, 0.25) is 0 Å². The van der Waals surface area contributed by atoms with Crippen molar-refractivity contribution < 1.29 is 9.72 Å². The lowest BCUT2D eigenvalue weighted by Gasteiger charge is -2.07. The maximum absolute atomic E-state index is 11.9. The predicted octanol–water partition coefficient (Wildman–Crippen LogP) is 0.873.